The highest BCUT2D eigenvalue weighted by atomic mass is 16.2. The van der Waals surface area contributed by atoms with Gasteiger partial charge >= 0.3 is 5.69 Å². The first-order chi connectivity index (χ1) is 16.8. The summed E-state index contributed by atoms with van der Waals surface area (Å²) in [5.41, 5.74) is 0.277. The van der Waals surface area contributed by atoms with Crippen molar-refractivity contribution >= 4 is 28.4 Å². The summed E-state index contributed by atoms with van der Waals surface area (Å²) >= 11 is 0. The van der Waals surface area contributed by atoms with Crippen LogP contribution in [-0.4, -0.2) is 36.5 Å². The van der Waals surface area contributed by atoms with Gasteiger partial charge in [0.15, 0.2) is 5.78 Å². The van der Waals surface area contributed by atoms with Gasteiger partial charge in [0, 0.05) is 23.2 Å². The molecule has 1 saturated carbocycles. The summed E-state index contributed by atoms with van der Waals surface area (Å²) in [6.45, 7) is 3.39. The van der Waals surface area contributed by atoms with Crippen molar-refractivity contribution in [3.05, 3.63) is 80.5 Å². The van der Waals surface area contributed by atoms with Gasteiger partial charge in [0.25, 0.3) is 11.5 Å². The van der Waals surface area contributed by atoms with E-state index in [0.717, 1.165) is 30.4 Å². The fraction of sp³-hybridized carbons (Fsp3) is 0.346. The molecular formula is C26H27N5O4. The average Bonchev–Trinajstić information content (AvgIpc) is 3.47. The van der Waals surface area contributed by atoms with Crippen molar-refractivity contribution < 1.29 is 9.59 Å². The van der Waals surface area contributed by atoms with Crippen LogP contribution in [-0.2, 0) is 6.54 Å². The van der Waals surface area contributed by atoms with E-state index in [9.17, 15) is 19.2 Å². The molecule has 1 N–H and O–H groups in total. The standard InChI is InChI=1S/C26H27N5O4/c1-16(2)30-24(34)20-13-12-18(23(33)27-19-10-6-7-11-19)14-21(20)31-25(30)28-29(26(31)35)15-22(32)17-8-4-3-5-9-17/h3-5,8-9,12-14,16,19H,6-7,10-11,15H2,1-2H3,(H,27,33). The molecule has 0 spiro atoms. The lowest BCUT2D eigenvalue weighted by Gasteiger charge is -2.14. The number of hydrogen-bond acceptors (Lipinski definition) is 5. The van der Waals surface area contributed by atoms with Crippen molar-refractivity contribution in [2.24, 2.45) is 0 Å². The van der Waals surface area contributed by atoms with Crippen molar-refractivity contribution in [2.75, 3.05) is 0 Å². The quantitative estimate of drug-likeness (QED) is 0.433. The van der Waals surface area contributed by atoms with Gasteiger partial charge in [0.05, 0.1) is 10.9 Å². The number of carbonyl (C=O) groups is 2. The number of amides is 1. The zero-order valence-corrected chi connectivity index (χ0v) is 19.7. The SMILES string of the molecule is CC(C)n1c(=O)c2ccc(C(=O)NC3CCCC3)cc2n2c(=O)n(CC(=O)c3ccccc3)nc12. The number of carbonyl (C=O) groups excluding carboxylic acids is 2. The maximum absolute atomic E-state index is 13.5. The lowest BCUT2D eigenvalue weighted by molar-refractivity contribution is 0.0936. The third kappa shape index (κ3) is 4.07. The summed E-state index contributed by atoms with van der Waals surface area (Å²) in [6.07, 6.45) is 4.08. The summed E-state index contributed by atoms with van der Waals surface area (Å²) in [7, 11) is 0. The summed E-state index contributed by atoms with van der Waals surface area (Å²) in [4.78, 5) is 52.4. The van der Waals surface area contributed by atoms with E-state index in [1.54, 1.807) is 42.5 Å². The van der Waals surface area contributed by atoms with Crippen LogP contribution in [0.4, 0.5) is 0 Å². The molecule has 9 nitrogen and oxygen atoms in total. The number of fused-ring (bicyclic) bond motifs is 3. The first-order valence-corrected chi connectivity index (χ1v) is 11.9. The van der Waals surface area contributed by atoms with Crippen LogP contribution in [0.2, 0.25) is 0 Å². The predicted octanol–water partition coefficient (Wildman–Crippen LogP) is 2.95. The molecule has 0 unspecified atom stereocenters. The Kier molecular flexibility index (Phi) is 5.84. The van der Waals surface area contributed by atoms with Crippen molar-refractivity contribution in [1.82, 2.24) is 24.1 Å². The van der Waals surface area contributed by atoms with E-state index < -0.39 is 5.69 Å². The van der Waals surface area contributed by atoms with Crippen molar-refractivity contribution in [1.29, 1.82) is 0 Å². The Morgan fingerprint density at radius 1 is 1.03 bits per heavy atom. The lowest BCUT2D eigenvalue weighted by Crippen LogP contribution is -2.33. The van der Waals surface area contributed by atoms with E-state index >= 15 is 0 Å². The Bertz CT molecular complexity index is 1560. The van der Waals surface area contributed by atoms with Gasteiger partial charge in [0.1, 0.15) is 6.54 Å². The topological polar surface area (TPSA) is 107 Å². The second-order valence-electron chi connectivity index (χ2n) is 9.32. The molecule has 180 valence electrons. The van der Waals surface area contributed by atoms with Crippen LogP contribution in [0.25, 0.3) is 16.7 Å². The number of ketones is 1. The summed E-state index contributed by atoms with van der Waals surface area (Å²) in [5, 5.41) is 7.72. The Morgan fingerprint density at radius 2 is 1.74 bits per heavy atom. The molecule has 1 aliphatic rings. The van der Waals surface area contributed by atoms with Crippen LogP contribution in [0.5, 0.6) is 0 Å². The lowest BCUT2D eigenvalue weighted by atomic mass is 10.1. The van der Waals surface area contributed by atoms with Gasteiger partial charge < -0.3 is 5.32 Å². The third-order valence-corrected chi connectivity index (χ3v) is 6.58. The van der Waals surface area contributed by atoms with Crippen molar-refractivity contribution in [3.63, 3.8) is 0 Å². The average molecular weight is 474 g/mol. The van der Waals surface area contributed by atoms with E-state index in [1.165, 1.54) is 8.97 Å². The molecule has 0 saturated heterocycles. The van der Waals surface area contributed by atoms with E-state index in [-0.39, 0.29) is 41.7 Å². The highest BCUT2D eigenvalue weighted by molar-refractivity contribution is 5.98. The fourth-order valence-electron chi connectivity index (χ4n) is 4.78. The van der Waals surface area contributed by atoms with Crippen LogP contribution in [0, 0.1) is 0 Å². The molecule has 9 heteroatoms. The molecule has 4 aromatic rings. The van der Waals surface area contributed by atoms with E-state index in [0.29, 0.717) is 22.0 Å². The Labute approximate surface area is 201 Å². The molecule has 0 aliphatic heterocycles. The fourth-order valence-corrected chi connectivity index (χ4v) is 4.78. The first-order valence-electron chi connectivity index (χ1n) is 11.9. The highest BCUT2D eigenvalue weighted by Gasteiger charge is 2.23. The predicted molar refractivity (Wildman–Crippen MR) is 132 cm³/mol. The molecule has 35 heavy (non-hydrogen) atoms. The maximum Gasteiger partial charge on any atom is 0.352 e. The van der Waals surface area contributed by atoms with Gasteiger partial charge in [-0.25, -0.2) is 13.9 Å². The third-order valence-electron chi connectivity index (χ3n) is 6.58. The van der Waals surface area contributed by atoms with Gasteiger partial charge in [-0.2, -0.15) is 0 Å². The minimum atomic E-state index is -0.544. The van der Waals surface area contributed by atoms with Crippen LogP contribution in [0.15, 0.2) is 58.1 Å². The van der Waals surface area contributed by atoms with Gasteiger partial charge in [0.2, 0.25) is 5.78 Å². The minimum absolute atomic E-state index is 0.136. The molecule has 1 aliphatic carbocycles. The molecule has 1 fully saturated rings. The van der Waals surface area contributed by atoms with E-state index in [2.05, 4.69) is 10.4 Å². The molecular weight excluding hydrogens is 446 g/mol. The van der Waals surface area contributed by atoms with Crippen LogP contribution in [0.1, 0.15) is 66.3 Å². The molecule has 2 aromatic heterocycles. The summed E-state index contributed by atoms with van der Waals surface area (Å²) < 4.78 is 3.83. The monoisotopic (exact) mass is 473 g/mol. The Hall–Kier alpha value is -4.01. The number of benzene rings is 2. The maximum atomic E-state index is 13.5. The summed E-state index contributed by atoms with van der Waals surface area (Å²) in [6, 6.07) is 13.3. The van der Waals surface area contributed by atoms with Gasteiger partial charge in [-0.15, -0.1) is 5.10 Å². The van der Waals surface area contributed by atoms with Gasteiger partial charge in [-0.1, -0.05) is 43.2 Å². The highest BCUT2D eigenvalue weighted by Crippen LogP contribution is 2.20. The second kappa shape index (κ2) is 8.98. The molecule has 2 heterocycles. The number of nitrogens with zero attached hydrogens (tertiary/aromatic N) is 4. The number of aromatic nitrogens is 4. The van der Waals surface area contributed by atoms with Gasteiger partial charge in [-0.05, 0) is 44.9 Å². The second-order valence-corrected chi connectivity index (χ2v) is 9.32. The summed E-state index contributed by atoms with van der Waals surface area (Å²) in [5.74, 6) is -0.369. The van der Waals surface area contributed by atoms with E-state index in [1.807, 2.05) is 19.9 Å². The first kappa shape index (κ1) is 22.8. The van der Waals surface area contributed by atoms with Crippen molar-refractivity contribution in [2.45, 2.75) is 58.2 Å². The van der Waals surface area contributed by atoms with Gasteiger partial charge in [-0.3, -0.25) is 19.0 Å². The van der Waals surface area contributed by atoms with E-state index in [4.69, 9.17) is 0 Å². The Balaban J connectivity index is 1.65. The number of Topliss-reactive ketones (excluding diaryl/α,β-unsaturated/α-hetero) is 1. The molecule has 1 amide bonds. The molecule has 2 aromatic carbocycles. The van der Waals surface area contributed by atoms with Crippen LogP contribution >= 0.6 is 0 Å². The number of rotatable bonds is 6. The van der Waals surface area contributed by atoms with Crippen molar-refractivity contribution in [3.8, 4) is 0 Å². The zero-order valence-electron chi connectivity index (χ0n) is 19.7. The van der Waals surface area contributed by atoms with Crippen LogP contribution in [0.3, 0.4) is 0 Å². The Morgan fingerprint density at radius 3 is 2.43 bits per heavy atom. The molecule has 5 rings (SSSR count). The largest absolute Gasteiger partial charge is 0.352 e. The zero-order chi connectivity index (χ0) is 24.7. The number of hydrogen-bond donors (Lipinski definition) is 1. The molecule has 0 radical (unpaired) electrons. The number of nitrogens with one attached hydrogen (secondary N) is 1. The minimum Gasteiger partial charge on any atom is -0.349 e. The molecule has 0 bridgehead atoms. The van der Waals surface area contributed by atoms with Crippen LogP contribution < -0.4 is 16.6 Å². The molecule has 0 atom stereocenters. The normalized spacial score (nSPS) is 14.3. The smallest absolute Gasteiger partial charge is 0.349 e.